The highest BCUT2D eigenvalue weighted by Crippen LogP contribution is 2.35. The molecular formula is C26H23ClN4O2S2. The molecule has 0 fully saturated rings. The molecule has 2 heterocycles. The summed E-state index contributed by atoms with van der Waals surface area (Å²) >= 11 is 8.78. The average Bonchev–Trinajstić information content (AvgIpc) is 3.25. The van der Waals surface area contributed by atoms with Crippen LogP contribution in [0.5, 0.6) is 0 Å². The summed E-state index contributed by atoms with van der Waals surface area (Å²) < 4.78 is 1.63. The smallest absolute Gasteiger partial charge is 0.267 e. The third-order valence-corrected chi connectivity index (χ3v) is 8.29. The van der Waals surface area contributed by atoms with Gasteiger partial charge < -0.3 is 0 Å². The first-order chi connectivity index (χ1) is 17.0. The molecular weight excluding hydrogens is 500 g/mol. The Bertz CT molecular complexity index is 1480. The lowest BCUT2D eigenvalue weighted by Crippen LogP contribution is -2.24. The molecule has 0 saturated carbocycles. The van der Waals surface area contributed by atoms with Crippen LogP contribution in [0, 0.1) is 0 Å². The van der Waals surface area contributed by atoms with Gasteiger partial charge in [0.25, 0.3) is 11.5 Å². The highest BCUT2D eigenvalue weighted by atomic mass is 35.5. The highest BCUT2D eigenvalue weighted by Gasteiger charge is 2.23. The molecule has 0 saturated heterocycles. The molecule has 1 amide bonds. The molecule has 9 heteroatoms. The molecule has 0 radical (unpaired) electrons. The Balaban J connectivity index is 1.42. The molecule has 0 aliphatic heterocycles. The number of thioether (sulfide) groups is 1. The van der Waals surface area contributed by atoms with Crippen molar-refractivity contribution in [3.63, 3.8) is 0 Å². The van der Waals surface area contributed by atoms with E-state index in [0.717, 1.165) is 52.7 Å². The minimum absolute atomic E-state index is 0.0693. The van der Waals surface area contributed by atoms with Gasteiger partial charge in [-0.25, -0.2) is 10.4 Å². The summed E-state index contributed by atoms with van der Waals surface area (Å²) in [5.41, 5.74) is 5.96. The Labute approximate surface area is 216 Å². The maximum atomic E-state index is 13.7. The van der Waals surface area contributed by atoms with E-state index in [1.54, 1.807) is 28.0 Å². The molecule has 0 bridgehead atoms. The maximum absolute atomic E-state index is 13.7. The molecule has 178 valence electrons. The topological polar surface area (TPSA) is 76.3 Å². The van der Waals surface area contributed by atoms with Gasteiger partial charge in [-0.3, -0.25) is 14.2 Å². The van der Waals surface area contributed by atoms with Crippen LogP contribution >= 0.6 is 34.7 Å². The minimum atomic E-state index is -0.275. The van der Waals surface area contributed by atoms with Gasteiger partial charge >= 0.3 is 0 Å². The van der Waals surface area contributed by atoms with Crippen molar-refractivity contribution >= 4 is 56.5 Å². The SMILES string of the molecule is C/C(=N/NC(=O)CSc1nc2sc3c(c2c(=O)n1-c1ccccc1)CCCC3)c1ccc(Cl)cc1. The standard InChI is InChI=1S/C26H23ClN4O2S2/c1-16(17-11-13-18(27)14-12-17)29-30-22(32)15-34-26-28-24-23(20-9-5-6-10-21(20)35-24)25(33)31(26)19-7-3-2-4-8-19/h2-4,7-8,11-14H,5-6,9-10,15H2,1H3,(H,30,32)/b29-16-. The Morgan fingerprint density at radius 3 is 2.66 bits per heavy atom. The number of rotatable bonds is 6. The van der Waals surface area contributed by atoms with Crippen LogP contribution in [0.1, 0.15) is 35.8 Å². The van der Waals surface area contributed by atoms with Crippen LogP contribution in [-0.4, -0.2) is 26.9 Å². The number of fused-ring (bicyclic) bond motifs is 3. The molecule has 4 aromatic rings. The number of hydrazone groups is 1. The predicted molar refractivity (Wildman–Crippen MR) is 144 cm³/mol. The summed E-state index contributed by atoms with van der Waals surface area (Å²) in [5.74, 6) is -0.199. The number of hydrogen-bond donors (Lipinski definition) is 1. The number of nitrogens with one attached hydrogen (secondary N) is 1. The van der Waals surface area contributed by atoms with Gasteiger partial charge in [0.1, 0.15) is 4.83 Å². The summed E-state index contributed by atoms with van der Waals surface area (Å²) in [6.45, 7) is 1.82. The van der Waals surface area contributed by atoms with Gasteiger partial charge in [-0.05, 0) is 68.0 Å². The zero-order valence-corrected chi connectivity index (χ0v) is 21.5. The van der Waals surface area contributed by atoms with E-state index in [9.17, 15) is 9.59 Å². The van der Waals surface area contributed by atoms with Gasteiger partial charge in [-0.15, -0.1) is 11.3 Å². The summed E-state index contributed by atoms with van der Waals surface area (Å²) in [5, 5.41) is 6.07. The van der Waals surface area contributed by atoms with Gasteiger partial charge in [0.15, 0.2) is 5.16 Å². The van der Waals surface area contributed by atoms with Crippen molar-refractivity contribution in [1.82, 2.24) is 15.0 Å². The summed E-state index contributed by atoms with van der Waals surface area (Å²) in [7, 11) is 0. The largest absolute Gasteiger partial charge is 0.272 e. The van der Waals surface area contributed by atoms with Crippen LogP contribution in [0.15, 0.2) is 69.6 Å². The zero-order valence-electron chi connectivity index (χ0n) is 19.1. The molecule has 5 rings (SSSR count). The molecule has 1 N–H and O–H groups in total. The van der Waals surface area contributed by atoms with Gasteiger partial charge in [-0.2, -0.15) is 5.10 Å². The van der Waals surface area contributed by atoms with Gasteiger partial charge in [0, 0.05) is 9.90 Å². The highest BCUT2D eigenvalue weighted by molar-refractivity contribution is 7.99. The Morgan fingerprint density at radius 2 is 1.89 bits per heavy atom. The molecule has 35 heavy (non-hydrogen) atoms. The van der Waals surface area contributed by atoms with Gasteiger partial charge in [0.05, 0.1) is 22.5 Å². The third kappa shape index (κ3) is 5.05. The van der Waals surface area contributed by atoms with E-state index in [0.29, 0.717) is 15.9 Å². The fraction of sp³-hybridized carbons (Fsp3) is 0.231. The molecule has 6 nitrogen and oxygen atoms in total. The molecule has 2 aromatic carbocycles. The van der Waals surface area contributed by atoms with Crippen LogP contribution in [0.25, 0.3) is 15.9 Å². The lowest BCUT2D eigenvalue weighted by atomic mass is 9.97. The first kappa shape index (κ1) is 23.8. The van der Waals surface area contributed by atoms with E-state index in [1.165, 1.54) is 16.6 Å². The number of benzene rings is 2. The van der Waals surface area contributed by atoms with Crippen LogP contribution in [0.2, 0.25) is 5.02 Å². The average molecular weight is 523 g/mol. The van der Waals surface area contributed by atoms with Crippen LogP contribution in [0.4, 0.5) is 0 Å². The fourth-order valence-electron chi connectivity index (χ4n) is 4.15. The first-order valence-corrected chi connectivity index (χ1v) is 13.5. The number of hydrogen-bond acceptors (Lipinski definition) is 6. The Kier molecular flexibility index (Phi) is 7.04. The number of thiophene rings is 1. The Hall–Kier alpha value is -2.94. The van der Waals surface area contributed by atoms with Crippen molar-refractivity contribution in [2.75, 3.05) is 5.75 Å². The number of carbonyl (C=O) groups excluding carboxylic acids is 1. The number of nitrogens with zero attached hydrogens (tertiary/aromatic N) is 3. The zero-order chi connectivity index (χ0) is 24.4. The molecule has 0 atom stereocenters. The minimum Gasteiger partial charge on any atom is -0.272 e. The van der Waals surface area contributed by atoms with E-state index in [4.69, 9.17) is 16.6 Å². The van der Waals surface area contributed by atoms with Crippen molar-refractivity contribution in [2.45, 2.75) is 37.8 Å². The summed E-state index contributed by atoms with van der Waals surface area (Å²) in [4.78, 5) is 33.2. The molecule has 0 spiro atoms. The van der Waals surface area contributed by atoms with Crippen molar-refractivity contribution < 1.29 is 4.79 Å². The first-order valence-electron chi connectivity index (χ1n) is 11.4. The van der Waals surface area contributed by atoms with Gasteiger partial charge in [-0.1, -0.05) is 53.7 Å². The van der Waals surface area contributed by atoms with Crippen LogP contribution < -0.4 is 11.0 Å². The number of halogens is 1. The lowest BCUT2D eigenvalue weighted by Gasteiger charge is -2.13. The predicted octanol–water partition coefficient (Wildman–Crippen LogP) is 5.61. The van der Waals surface area contributed by atoms with Crippen LogP contribution in [0.3, 0.4) is 0 Å². The van der Waals surface area contributed by atoms with E-state index in [-0.39, 0.29) is 17.2 Å². The second kappa shape index (κ2) is 10.4. The molecule has 1 aliphatic rings. The summed E-state index contributed by atoms with van der Waals surface area (Å²) in [6, 6.07) is 16.7. The number of amides is 1. The lowest BCUT2D eigenvalue weighted by molar-refractivity contribution is -0.118. The van der Waals surface area contributed by atoms with E-state index in [1.807, 2.05) is 49.4 Å². The van der Waals surface area contributed by atoms with Crippen molar-refractivity contribution in [3.05, 3.63) is 86.0 Å². The quantitative estimate of drug-likeness (QED) is 0.154. The van der Waals surface area contributed by atoms with E-state index < -0.39 is 0 Å². The normalized spacial score (nSPS) is 13.6. The van der Waals surface area contributed by atoms with Crippen molar-refractivity contribution in [3.8, 4) is 5.69 Å². The number of aryl methyl sites for hydroxylation is 2. The third-order valence-electron chi connectivity index (χ3n) is 5.92. The summed E-state index contributed by atoms with van der Waals surface area (Å²) in [6.07, 6.45) is 4.15. The van der Waals surface area contributed by atoms with E-state index in [2.05, 4.69) is 10.5 Å². The van der Waals surface area contributed by atoms with Crippen molar-refractivity contribution in [1.29, 1.82) is 0 Å². The molecule has 1 aliphatic carbocycles. The molecule has 0 unspecified atom stereocenters. The number of carbonyl (C=O) groups is 1. The second-order valence-electron chi connectivity index (χ2n) is 8.29. The van der Waals surface area contributed by atoms with Gasteiger partial charge in [0.2, 0.25) is 0 Å². The molecule has 2 aromatic heterocycles. The van der Waals surface area contributed by atoms with E-state index >= 15 is 0 Å². The van der Waals surface area contributed by atoms with Crippen molar-refractivity contribution in [2.24, 2.45) is 5.10 Å². The fourth-order valence-corrected chi connectivity index (χ4v) is 6.39. The number of para-hydroxylation sites is 1. The van der Waals surface area contributed by atoms with Crippen LogP contribution in [-0.2, 0) is 17.6 Å². The number of aromatic nitrogens is 2. The monoisotopic (exact) mass is 522 g/mol. The maximum Gasteiger partial charge on any atom is 0.267 e. The Morgan fingerprint density at radius 1 is 1.14 bits per heavy atom. The second-order valence-corrected chi connectivity index (χ2v) is 10.8.